The van der Waals surface area contributed by atoms with Crippen LogP contribution in [0.4, 0.5) is 32.0 Å². The first-order chi connectivity index (χ1) is 14.4. The van der Waals surface area contributed by atoms with Gasteiger partial charge in [-0.3, -0.25) is 10.1 Å². The molecule has 6 nitrogen and oxygen atoms in total. The van der Waals surface area contributed by atoms with Crippen LogP contribution in [0.15, 0.2) is 60.7 Å². The van der Waals surface area contributed by atoms with Crippen molar-refractivity contribution in [1.29, 1.82) is 0 Å². The van der Waals surface area contributed by atoms with Crippen molar-refractivity contribution in [2.45, 2.75) is 12.7 Å². The maximum Gasteiger partial charge on any atom is 0.573 e. The zero-order valence-electron chi connectivity index (χ0n) is 15.1. The fourth-order valence-electron chi connectivity index (χ4n) is 2.72. The lowest BCUT2D eigenvalue weighted by Crippen LogP contribution is -2.18. The van der Waals surface area contributed by atoms with E-state index in [1.165, 1.54) is 30.3 Å². The van der Waals surface area contributed by atoms with Gasteiger partial charge in [0.1, 0.15) is 11.5 Å². The Labute approximate surface area is 169 Å². The van der Waals surface area contributed by atoms with Crippen LogP contribution in [-0.2, 0) is 0 Å². The number of ether oxygens (including phenoxy) is 2. The van der Waals surface area contributed by atoms with Crippen LogP contribution in [0, 0.1) is 10.1 Å². The van der Waals surface area contributed by atoms with Crippen LogP contribution in [0.2, 0.25) is 0 Å². The minimum Gasteiger partial charge on any atom is -0.405 e. The first-order valence-electron chi connectivity index (χ1n) is 8.30. The number of halogens is 6. The molecule has 1 aromatic heterocycles. The SMILES string of the molecule is O=[N+]([O-])c1ccc(-c2ccccc2OC(F)(F)F)nc1-c1ccccc1OC(F)(F)F. The average Bonchev–Trinajstić information content (AvgIpc) is 2.66. The minimum atomic E-state index is -5.09. The van der Waals surface area contributed by atoms with Crippen molar-refractivity contribution in [1.82, 2.24) is 4.98 Å². The van der Waals surface area contributed by atoms with Crippen LogP contribution in [0.25, 0.3) is 22.5 Å². The van der Waals surface area contributed by atoms with Gasteiger partial charge >= 0.3 is 12.7 Å². The average molecular weight is 444 g/mol. The molecule has 1 heterocycles. The maximum atomic E-state index is 12.8. The summed E-state index contributed by atoms with van der Waals surface area (Å²) < 4.78 is 84.2. The first kappa shape index (κ1) is 21.9. The Kier molecular flexibility index (Phi) is 5.73. The van der Waals surface area contributed by atoms with Gasteiger partial charge in [0.15, 0.2) is 5.69 Å². The smallest absolute Gasteiger partial charge is 0.405 e. The summed E-state index contributed by atoms with van der Waals surface area (Å²) in [6, 6.07) is 11.4. The van der Waals surface area contributed by atoms with Gasteiger partial charge in [0, 0.05) is 17.2 Å². The summed E-state index contributed by atoms with van der Waals surface area (Å²) in [4.78, 5) is 14.5. The second kappa shape index (κ2) is 8.13. The van der Waals surface area contributed by atoms with Crippen LogP contribution in [0.3, 0.4) is 0 Å². The van der Waals surface area contributed by atoms with E-state index in [0.29, 0.717) is 0 Å². The van der Waals surface area contributed by atoms with Crippen molar-refractivity contribution in [3.05, 3.63) is 70.8 Å². The number of nitro groups is 1. The minimum absolute atomic E-state index is 0.176. The van der Waals surface area contributed by atoms with Gasteiger partial charge in [0.2, 0.25) is 0 Å². The van der Waals surface area contributed by atoms with Crippen molar-refractivity contribution in [3.8, 4) is 34.0 Å². The first-order valence-corrected chi connectivity index (χ1v) is 8.30. The molecule has 2 aromatic carbocycles. The van der Waals surface area contributed by atoms with Gasteiger partial charge in [0.25, 0.3) is 5.69 Å². The van der Waals surface area contributed by atoms with Crippen LogP contribution in [0.1, 0.15) is 0 Å². The zero-order chi connectivity index (χ0) is 22.8. The molecule has 0 saturated heterocycles. The Hall–Kier alpha value is -3.83. The Morgan fingerprint density at radius 3 is 1.74 bits per heavy atom. The Morgan fingerprint density at radius 2 is 1.23 bits per heavy atom. The number of benzene rings is 2. The molecule has 162 valence electrons. The predicted octanol–water partition coefficient (Wildman–Crippen LogP) is 6.12. The third kappa shape index (κ3) is 5.41. The molecule has 0 unspecified atom stereocenters. The van der Waals surface area contributed by atoms with E-state index in [1.54, 1.807) is 0 Å². The number of alkyl halides is 6. The van der Waals surface area contributed by atoms with E-state index in [2.05, 4.69) is 14.5 Å². The van der Waals surface area contributed by atoms with Crippen LogP contribution >= 0.6 is 0 Å². The third-order valence-corrected chi connectivity index (χ3v) is 3.83. The molecule has 0 saturated carbocycles. The van der Waals surface area contributed by atoms with Gasteiger partial charge in [-0.2, -0.15) is 0 Å². The van der Waals surface area contributed by atoms with E-state index in [0.717, 1.165) is 30.3 Å². The van der Waals surface area contributed by atoms with Crippen LogP contribution < -0.4 is 9.47 Å². The van der Waals surface area contributed by atoms with E-state index >= 15 is 0 Å². The number of pyridine rings is 1. The molecule has 0 fully saturated rings. The molecule has 12 heteroatoms. The lowest BCUT2D eigenvalue weighted by Gasteiger charge is -2.15. The third-order valence-electron chi connectivity index (χ3n) is 3.83. The fourth-order valence-corrected chi connectivity index (χ4v) is 2.72. The molecule has 0 aliphatic rings. The highest BCUT2D eigenvalue weighted by molar-refractivity contribution is 5.78. The quantitative estimate of drug-likeness (QED) is 0.269. The molecule has 0 aliphatic heterocycles. The molecule has 0 atom stereocenters. The molecular weight excluding hydrogens is 434 g/mol. The molecule has 0 bridgehead atoms. The van der Waals surface area contributed by atoms with Gasteiger partial charge in [-0.25, -0.2) is 4.98 Å². The number of rotatable bonds is 5. The molecule has 3 rings (SSSR count). The summed E-state index contributed by atoms with van der Waals surface area (Å²) in [5.41, 5.74) is -1.93. The summed E-state index contributed by atoms with van der Waals surface area (Å²) in [6.45, 7) is 0. The topological polar surface area (TPSA) is 74.5 Å². The largest absolute Gasteiger partial charge is 0.573 e. The van der Waals surface area contributed by atoms with Gasteiger partial charge in [0.05, 0.1) is 10.6 Å². The van der Waals surface area contributed by atoms with Crippen molar-refractivity contribution >= 4 is 5.69 Å². The summed E-state index contributed by atoms with van der Waals surface area (Å²) in [5, 5.41) is 11.4. The standard InChI is InChI=1S/C19H10F6N2O4/c20-18(21,22)30-15-7-3-1-5-11(15)13-9-10-14(27(28)29)17(26-13)12-6-2-4-8-16(12)31-19(23,24)25/h1-10H. The summed E-state index contributed by atoms with van der Waals surface area (Å²) >= 11 is 0. The normalized spacial score (nSPS) is 11.8. The van der Waals surface area contributed by atoms with Crippen molar-refractivity contribution in [2.75, 3.05) is 0 Å². The molecule has 0 spiro atoms. The van der Waals surface area contributed by atoms with Crippen LogP contribution in [0.5, 0.6) is 11.5 Å². The van der Waals surface area contributed by atoms with E-state index < -0.39 is 40.5 Å². The van der Waals surface area contributed by atoms with E-state index in [4.69, 9.17) is 0 Å². The molecule has 3 aromatic rings. The second-order valence-corrected chi connectivity index (χ2v) is 5.91. The van der Waals surface area contributed by atoms with Gasteiger partial charge < -0.3 is 9.47 Å². The number of aromatic nitrogens is 1. The molecular formula is C19H10F6N2O4. The van der Waals surface area contributed by atoms with Gasteiger partial charge in [-0.05, 0) is 30.3 Å². The maximum absolute atomic E-state index is 12.8. The Balaban J connectivity index is 2.20. The highest BCUT2D eigenvalue weighted by Gasteiger charge is 2.34. The summed E-state index contributed by atoms with van der Waals surface area (Å²) in [5.74, 6) is -1.40. The highest BCUT2D eigenvalue weighted by atomic mass is 19.4. The molecule has 0 N–H and O–H groups in total. The second-order valence-electron chi connectivity index (χ2n) is 5.91. The van der Waals surface area contributed by atoms with E-state index in [-0.39, 0.29) is 16.8 Å². The highest BCUT2D eigenvalue weighted by Crippen LogP contribution is 2.40. The lowest BCUT2D eigenvalue weighted by atomic mass is 10.1. The van der Waals surface area contributed by atoms with Crippen molar-refractivity contribution in [2.24, 2.45) is 0 Å². The number of para-hydroxylation sites is 2. The monoisotopic (exact) mass is 444 g/mol. The number of hydrogen-bond donors (Lipinski definition) is 0. The Bertz CT molecular complexity index is 1120. The van der Waals surface area contributed by atoms with E-state index in [9.17, 15) is 36.5 Å². The molecule has 0 radical (unpaired) electrons. The summed E-state index contributed by atoms with van der Waals surface area (Å²) in [7, 11) is 0. The Morgan fingerprint density at radius 1 is 0.742 bits per heavy atom. The molecule has 0 aliphatic carbocycles. The van der Waals surface area contributed by atoms with Crippen molar-refractivity contribution < 1.29 is 40.7 Å². The number of hydrogen-bond acceptors (Lipinski definition) is 5. The molecule has 31 heavy (non-hydrogen) atoms. The lowest BCUT2D eigenvalue weighted by molar-refractivity contribution is -0.384. The predicted molar refractivity (Wildman–Crippen MR) is 95.1 cm³/mol. The molecule has 0 amide bonds. The van der Waals surface area contributed by atoms with Gasteiger partial charge in [-0.1, -0.05) is 24.3 Å². The zero-order valence-corrected chi connectivity index (χ0v) is 15.1. The van der Waals surface area contributed by atoms with Gasteiger partial charge in [-0.15, -0.1) is 26.3 Å². The van der Waals surface area contributed by atoms with E-state index in [1.807, 2.05) is 0 Å². The van der Waals surface area contributed by atoms with Crippen molar-refractivity contribution in [3.63, 3.8) is 0 Å². The fraction of sp³-hybridized carbons (Fsp3) is 0.105. The number of nitrogens with zero attached hydrogens (tertiary/aromatic N) is 2. The van der Waals surface area contributed by atoms with Crippen LogP contribution in [-0.4, -0.2) is 22.6 Å². The summed E-state index contributed by atoms with van der Waals surface area (Å²) in [6.07, 6.45) is -10.1.